The number of rotatable bonds is 2. The molecule has 0 saturated heterocycles. The van der Waals surface area contributed by atoms with Gasteiger partial charge in [0.1, 0.15) is 11.4 Å². The van der Waals surface area contributed by atoms with E-state index in [0.29, 0.717) is 0 Å². The molecule has 0 aliphatic carbocycles. The van der Waals surface area contributed by atoms with Crippen LogP contribution in [-0.2, 0) is 0 Å². The Kier molecular flexibility index (Phi) is 4.84. The van der Waals surface area contributed by atoms with Crippen LogP contribution in [0.2, 0.25) is 0 Å². The highest BCUT2D eigenvalue weighted by atomic mass is 19.2. The minimum absolute atomic E-state index is 0.234. The molecule has 0 fully saturated rings. The topological polar surface area (TPSA) is 24.9 Å². The molecule has 2 aliphatic rings. The summed E-state index contributed by atoms with van der Waals surface area (Å²) in [6.45, 7) is 0. The molecule has 4 nitrogen and oxygen atoms in total. The predicted octanol–water partition coefficient (Wildman–Crippen LogP) is 9.39. The summed E-state index contributed by atoms with van der Waals surface area (Å²) >= 11 is 0. The molecule has 2 heterocycles. The molecule has 8 heteroatoms. The van der Waals surface area contributed by atoms with Gasteiger partial charge in [0.25, 0.3) is 0 Å². The lowest BCUT2D eigenvalue weighted by molar-refractivity contribution is 0.449. The molecule has 0 radical (unpaired) electrons. The lowest BCUT2D eigenvalue weighted by atomic mass is 10.1. The van der Waals surface area contributed by atoms with E-state index in [2.05, 4.69) is 0 Å². The lowest BCUT2D eigenvalue weighted by Gasteiger charge is -2.35. The summed E-state index contributed by atoms with van der Waals surface area (Å²) in [5, 5.41) is 0. The molecule has 2 aliphatic heterocycles. The maximum atomic E-state index is 16.1. The van der Waals surface area contributed by atoms with Crippen molar-refractivity contribution < 1.29 is 27.0 Å². The van der Waals surface area contributed by atoms with E-state index in [-0.39, 0.29) is 45.7 Å². The van der Waals surface area contributed by atoms with Gasteiger partial charge in [0.2, 0.25) is 0 Å². The second-order valence-corrected chi connectivity index (χ2v) is 8.70. The average Bonchev–Trinajstić information content (AvgIpc) is 2.95. The van der Waals surface area contributed by atoms with Gasteiger partial charge < -0.3 is 9.47 Å². The summed E-state index contributed by atoms with van der Waals surface area (Å²) in [5.41, 5.74) is -0.839. The molecule has 5 aromatic rings. The van der Waals surface area contributed by atoms with Crippen LogP contribution < -0.4 is 19.3 Å². The number of hydrogen-bond donors (Lipinski definition) is 0. The normalized spacial score (nSPS) is 13.1. The molecule has 0 saturated carbocycles. The molecule has 0 spiro atoms. The van der Waals surface area contributed by atoms with Crippen LogP contribution in [0.5, 0.6) is 23.0 Å². The minimum atomic E-state index is -1.55. The molecule has 0 unspecified atom stereocenters. The molecule has 5 aromatic carbocycles. The molecule has 0 aromatic heterocycles. The van der Waals surface area contributed by atoms with Crippen molar-refractivity contribution in [1.82, 2.24) is 0 Å². The van der Waals surface area contributed by atoms with E-state index in [1.165, 1.54) is 0 Å². The van der Waals surface area contributed by atoms with Gasteiger partial charge in [0.05, 0.1) is 22.7 Å². The Bertz CT molecular complexity index is 1510. The van der Waals surface area contributed by atoms with E-state index >= 15 is 17.6 Å². The van der Waals surface area contributed by atoms with Gasteiger partial charge in [-0.25, -0.2) is 17.6 Å². The standard InChI is InChI=1S/C30H16F4N2O2/c31-25-27(33)30(36-19-11-3-7-15-23(19)38-24-16-8-4-12-20(24)36)28(34)26(32)29(25)35-17-9-1-5-13-21(17)37-22-14-6-2-10-18(22)35/h1-16H. The Hall–Kier alpha value is -4.98. The fraction of sp³-hybridized carbons (Fsp3) is 0. The van der Waals surface area contributed by atoms with Crippen LogP contribution in [0.3, 0.4) is 0 Å². The Labute approximate surface area is 214 Å². The molecule has 0 amide bonds. The summed E-state index contributed by atoms with van der Waals surface area (Å²) < 4.78 is 76.0. The van der Waals surface area contributed by atoms with Crippen molar-refractivity contribution in [1.29, 1.82) is 0 Å². The number of halogens is 4. The molecular formula is C30H16F4N2O2. The van der Waals surface area contributed by atoms with Crippen LogP contribution in [-0.4, -0.2) is 0 Å². The maximum absolute atomic E-state index is 16.1. The maximum Gasteiger partial charge on any atom is 0.188 e. The third-order valence-electron chi connectivity index (χ3n) is 6.53. The highest BCUT2D eigenvalue weighted by Gasteiger charge is 2.38. The van der Waals surface area contributed by atoms with E-state index in [1.807, 2.05) is 0 Å². The Morgan fingerprint density at radius 2 is 0.605 bits per heavy atom. The van der Waals surface area contributed by atoms with Gasteiger partial charge in [-0.2, -0.15) is 0 Å². The van der Waals surface area contributed by atoms with Crippen LogP contribution in [0.25, 0.3) is 0 Å². The SMILES string of the molecule is Fc1c(F)c(N2c3ccccc3Oc3ccccc32)c(F)c(F)c1N1c2ccccc2Oc2ccccc21. The van der Waals surface area contributed by atoms with Crippen LogP contribution >= 0.6 is 0 Å². The van der Waals surface area contributed by atoms with Crippen molar-refractivity contribution in [2.45, 2.75) is 0 Å². The average molecular weight is 512 g/mol. The second-order valence-electron chi connectivity index (χ2n) is 8.70. The zero-order valence-electron chi connectivity index (χ0n) is 19.5. The smallest absolute Gasteiger partial charge is 0.188 e. The van der Waals surface area contributed by atoms with Gasteiger partial charge in [-0.1, -0.05) is 48.5 Å². The van der Waals surface area contributed by atoms with Gasteiger partial charge >= 0.3 is 0 Å². The van der Waals surface area contributed by atoms with Crippen LogP contribution in [0.15, 0.2) is 97.1 Å². The molecule has 0 N–H and O–H groups in total. The van der Waals surface area contributed by atoms with Crippen molar-refractivity contribution >= 4 is 34.1 Å². The van der Waals surface area contributed by atoms with Gasteiger partial charge in [-0.15, -0.1) is 0 Å². The summed E-state index contributed by atoms with van der Waals surface area (Å²) in [7, 11) is 0. The number of ether oxygens (including phenoxy) is 2. The summed E-state index contributed by atoms with van der Waals surface area (Å²) in [6, 6.07) is 26.0. The number of para-hydroxylation sites is 8. The number of benzene rings is 5. The number of nitrogens with zero attached hydrogens (tertiary/aromatic N) is 2. The van der Waals surface area contributed by atoms with Crippen molar-refractivity contribution in [3.63, 3.8) is 0 Å². The quantitative estimate of drug-likeness (QED) is 0.170. The Morgan fingerprint density at radius 1 is 0.368 bits per heavy atom. The number of anilines is 6. The molecule has 0 atom stereocenters. The Morgan fingerprint density at radius 3 is 0.868 bits per heavy atom. The highest BCUT2D eigenvalue weighted by Crippen LogP contribution is 2.55. The zero-order chi connectivity index (χ0) is 26.0. The fourth-order valence-corrected chi connectivity index (χ4v) is 4.89. The van der Waals surface area contributed by atoms with Gasteiger partial charge in [-0.3, -0.25) is 9.80 Å². The first-order valence-corrected chi connectivity index (χ1v) is 11.7. The zero-order valence-corrected chi connectivity index (χ0v) is 19.5. The number of fused-ring (bicyclic) bond motifs is 4. The molecule has 0 bridgehead atoms. The Balaban J connectivity index is 1.49. The van der Waals surface area contributed by atoms with Crippen LogP contribution in [0, 0.1) is 23.3 Å². The van der Waals surface area contributed by atoms with Gasteiger partial charge in [-0.05, 0) is 48.5 Å². The van der Waals surface area contributed by atoms with E-state index < -0.39 is 34.6 Å². The van der Waals surface area contributed by atoms with E-state index in [1.54, 1.807) is 97.1 Å². The van der Waals surface area contributed by atoms with E-state index in [9.17, 15) is 0 Å². The minimum Gasteiger partial charge on any atom is -0.453 e. The predicted molar refractivity (Wildman–Crippen MR) is 136 cm³/mol. The number of hydrogen-bond acceptors (Lipinski definition) is 4. The second kappa shape index (κ2) is 8.27. The summed E-state index contributed by atoms with van der Waals surface area (Å²) in [5.74, 6) is -5.06. The monoisotopic (exact) mass is 512 g/mol. The largest absolute Gasteiger partial charge is 0.453 e. The van der Waals surface area contributed by atoms with E-state index in [0.717, 1.165) is 9.80 Å². The third kappa shape index (κ3) is 3.10. The molecule has 38 heavy (non-hydrogen) atoms. The highest BCUT2D eigenvalue weighted by molar-refractivity contribution is 5.90. The van der Waals surface area contributed by atoms with Crippen LogP contribution in [0.1, 0.15) is 0 Å². The third-order valence-corrected chi connectivity index (χ3v) is 6.53. The van der Waals surface area contributed by atoms with Crippen molar-refractivity contribution in [3.05, 3.63) is 120 Å². The summed E-state index contributed by atoms with van der Waals surface area (Å²) in [6.07, 6.45) is 0. The molecular weight excluding hydrogens is 496 g/mol. The lowest BCUT2D eigenvalue weighted by Crippen LogP contribution is -2.23. The van der Waals surface area contributed by atoms with Gasteiger partial charge in [0, 0.05) is 0 Å². The summed E-state index contributed by atoms with van der Waals surface area (Å²) in [4.78, 5) is 2.27. The first kappa shape index (κ1) is 22.2. The van der Waals surface area contributed by atoms with Crippen molar-refractivity contribution in [2.24, 2.45) is 0 Å². The van der Waals surface area contributed by atoms with Gasteiger partial charge in [0.15, 0.2) is 46.3 Å². The first-order valence-electron chi connectivity index (χ1n) is 11.7. The fourth-order valence-electron chi connectivity index (χ4n) is 4.89. The van der Waals surface area contributed by atoms with Crippen LogP contribution in [0.4, 0.5) is 51.7 Å². The van der Waals surface area contributed by atoms with Crippen molar-refractivity contribution in [3.8, 4) is 23.0 Å². The first-order chi connectivity index (χ1) is 18.5. The van der Waals surface area contributed by atoms with E-state index in [4.69, 9.17) is 9.47 Å². The van der Waals surface area contributed by atoms with Crippen molar-refractivity contribution in [2.75, 3.05) is 9.80 Å². The molecule has 7 rings (SSSR count). The molecule has 186 valence electrons.